The lowest BCUT2D eigenvalue weighted by Gasteiger charge is -2.33. The summed E-state index contributed by atoms with van der Waals surface area (Å²) in [6, 6.07) is 14.7. The lowest BCUT2D eigenvalue weighted by atomic mass is 10.1. The monoisotopic (exact) mass is 432 g/mol. The quantitative estimate of drug-likeness (QED) is 0.575. The minimum atomic E-state index is -0.393. The molecule has 0 bridgehead atoms. The highest BCUT2D eigenvalue weighted by molar-refractivity contribution is 5.93. The van der Waals surface area contributed by atoms with Gasteiger partial charge in [0.2, 0.25) is 0 Å². The summed E-state index contributed by atoms with van der Waals surface area (Å²) in [6.45, 7) is 2.49. The van der Waals surface area contributed by atoms with Crippen molar-refractivity contribution in [2.75, 3.05) is 38.3 Å². The van der Waals surface area contributed by atoms with Crippen molar-refractivity contribution in [2.45, 2.75) is 6.54 Å². The van der Waals surface area contributed by atoms with Crippen molar-refractivity contribution in [3.63, 3.8) is 0 Å². The number of hydrogen-bond acceptors (Lipinski definition) is 6. The van der Waals surface area contributed by atoms with Crippen molar-refractivity contribution in [1.82, 2.24) is 14.9 Å². The first-order chi connectivity index (χ1) is 15.7. The molecule has 0 atom stereocenters. The Morgan fingerprint density at radius 2 is 1.75 bits per heavy atom. The van der Waals surface area contributed by atoms with E-state index in [1.54, 1.807) is 34.3 Å². The SMILES string of the molecule is COC(=O)c1ccc(CN(C(=O)N2CCOCC2)c2cccc(-c3cncnc3)c2)cc1. The van der Waals surface area contributed by atoms with Crippen molar-refractivity contribution in [3.05, 3.63) is 78.4 Å². The Bertz CT molecular complexity index is 1070. The van der Waals surface area contributed by atoms with E-state index in [-0.39, 0.29) is 6.03 Å². The second kappa shape index (κ2) is 10.0. The smallest absolute Gasteiger partial charge is 0.337 e. The number of benzene rings is 2. The zero-order valence-electron chi connectivity index (χ0n) is 17.8. The lowest BCUT2D eigenvalue weighted by Crippen LogP contribution is -2.48. The van der Waals surface area contributed by atoms with E-state index in [9.17, 15) is 9.59 Å². The normalized spacial score (nSPS) is 13.5. The highest BCUT2D eigenvalue weighted by Gasteiger charge is 2.25. The van der Waals surface area contributed by atoms with Gasteiger partial charge >= 0.3 is 12.0 Å². The molecule has 0 aliphatic carbocycles. The van der Waals surface area contributed by atoms with Gasteiger partial charge in [-0.1, -0.05) is 24.3 Å². The standard InChI is InChI=1S/C24H24N4O4/c1-31-23(29)19-7-5-18(6-8-19)16-28(24(30)27-9-11-32-12-10-27)22-4-2-3-20(13-22)21-14-25-17-26-15-21/h2-8,13-15,17H,9-12,16H2,1H3. The van der Waals surface area contributed by atoms with Crippen LogP contribution in [-0.2, 0) is 16.0 Å². The van der Waals surface area contributed by atoms with Crippen molar-refractivity contribution in [2.24, 2.45) is 0 Å². The molecule has 0 N–H and O–H groups in total. The van der Waals surface area contributed by atoms with E-state index >= 15 is 0 Å². The fraction of sp³-hybridized carbons (Fsp3) is 0.250. The van der Waals surface area contributed by atoms with Crippen molar-refractivity contribution in [3.8, 4) is 11.1 Å². The molecule has 1 aliphatic heterocycles. The summed E-state index contributed by atoms with van der Waals surface area (Å²) in [4.78, 5) is 36.9. The zero-order valence-corrected chi connectivity index (χ0v) is 17.8. The first kappa shape index (κ1) is 21.5. The Hall–Kier alpha value is -3.78. The fourth-order valence-corrected chi connectivity index (χ4v) is 3.54. The van der Waals surface area contributed by atoms with Crippen molar-refractivity contribution < 1.29 is 19.1 Å². The van der Waals surface area contributed by atoms with Crippen molar-refractivity contribution in [1.29, 1.82) is 0 Å². The van der Waals surface area contributed by atoms with E-state index in [4.69, 9.17) is 9.47 Å². The number of morpholine rings is 1. The minimum absolute atomic E-state index is 0.0909. The first-order valence-electron chi connectivity index (χ1n) is 10.3. The number of amides is 2. The third-order valence-electron chi connectivity index (χ3n) is 5.28. The molecule has 32 heavy (non-hydrogen) atoms. The Labute approximate surface area is 186 Å². The molecule has 1 aromatic heterocycles. The number of rotatable bonds is 5. The fourth-order valence-electron chi connectivity index (χ4n) is 3.54. The van der Waals surface area contributed by atoms with Gasteiger partial charge in [-0.05, 0) is 35.4 Å². The summed E-state index contributed by atoms with van der Waals surface area (Å²) in [5, 5.41) is 0. The number of esters is 1. The van der Waals surface area contributed by atoms with E-state index in [0.29, 0.717) is 38.4 Å². The van der Waals surface area contributed by atoms with E-state index in [0.717, 1.165) is 22.4 Å². The highest BCUT2D eigenvalue weighted by Crippen LogP contribution is 2.26. The number of ether oxygens (including phenoxy) is 2. The van der Waals surface area contributed by atoms with Crippen LogP contribution in [0.15, 0.2) is 67.3 Å². The molecular weight excluding hydrogens is 408 g/mol. The van der Waals surface area contributed by atoms with Gasteiger partial charge in [0.15, 0.2) is 0 Å². The topological polar surface area (TPSA) is 84.9 Å². The van der Waals surface area contributed by atoms with Gasteiger partial charge in [0.05, 0.1) is 32.4 Å². The number of nitrogens with zero attached hydrogens (tertiary/aromatic N) is 4. The summed E-state index contributed by atoms with van der Waals surface area (Å²) >= 11 is 0. The molecule has 4 rings (SSSR count). The second-order valence-electron chi connectivity index (χ2n) is 7.33. The molecule has 0 spiro atoms. The van der Waals surface area contributed by atoms with Gasteiger partial charge in [0.1, 0.15) is 6.33 Å². The van der Waals surface area contributed by atoms with Crippen LogP contribution in [0.25, 0.3) is 11.1 Å². The largest absolute Gasteiger partial charge is 0.465 e. The predicted molar refractivity (Wildman–Crippen MR) is 119 cm³/mol. The molecule has 8 nitrogen and oxygen atoms in total. The molecule has 0 unspecified atom stereocenters. The first-order valence-corrected chi connectivity index (χ1v) is 10.3. The van der Waals surface area contributed by atoms with Crippen LogP contribution in [0.3, 0.4) is 0 Å². The zero-order chi connectivity index (χ0) is 22.3. The van der Waals surface area contributed by atoms with Crippen LogP contribution >= 0.6 is 0 Å². The Balaban J connectivity index is 1.65. The van der Waals surface area contributed by atoms with E-state index in [1.165, 1.54) is 13.4 Å². The minimum Gasteiger partial charge on any atom is -0.465 e. The number of hydrogen-bond donors (Lipinski definition) is 0. The molecule has 164 valence electrons. The number of anilines is 1. The van der Waals surface area contributed by atoms with Gasteiger partial charge in [-0.2, -0.15) is 0 Å². The van der Waals surface area contributed by atoms with E-state index in [1.807, 2.05) is 36.4 Å². The maximum Gasteiger partial charge on any atom is 0.337 e. The molecular formula is C24H24N4O4. The highest BCUT2D eigenvalue weighted by atomic mass is 16.5. The molecule has 2 amide bonds. The maximum atomic E-state index is 13.5. The number of carbonyl (C=O) groups excluding carboxylic acids is 2. The van der Waals surface area contributed by atoms with Crippen LogP contribution in [0.5, 0.6) is 0 Å². The summed E-state index contributed by atoms with van der Waals surface area (Å²) in [7, 11) is 1.35. The van der Waals surface area contributed by atoms with Crippen LogP contribution in [0, 0.1) is 0 Å². The molecule has 1 saturated heterocycles. The second-order valence-corrected chi connectivity index (χ2v) is 7.33. The van der Waals surface area contributed by atoms with Crippen LogP contribution < -0.4 is 4.90 Å². The molecule has 0 saturated carbocycles. The van der Waals surface area contributed by atoms with Gasteiger partial charge in [0, 0.05) is 36.7 Å². The maximum absolute atomic E-state index is 13.5. The molecule has 1 aliphatic rings. The van der Waals surface area contributed by atoms with Crippen LogP contribution in [0.4, 0.5) is 10.5 Å². The molecule has 2 heterocycles. The van der Waals surface area contributed by atoms with Gasteiger partial charge in [0.25, 0.3) is 0 Å². The Morgan fingerprint density at radius 3 is 2.44 bits per heavy atom. The summed E-state index contributed by atoms with van der Waals surface area (Å²) in [5.41, 5.74) is 3.92. The average Bonchev–Trinajstić information content (AvgIpc) is 2.88. The number of carbonyl (C=O) groups is 2. The molecule has 1 fully saturated rings. The van der Waals surface area contributed by atoms with Gasteiger partial charge in [-0.15, -0.1) is 0 Å². The number of methoxy groups -OCH3 is 1. The molecule has 8 heteroatoms. The van der Waals surface area contributed by atoms with Gasteiger partial charge < -0.3 is 14.4 Å². The van der Waals surface area contributed by atoms with Crippen LogP contribution in [0.1, 0.15) is 15.9 Å². The van der Waals surface area contributed by atoms with E-state index in [2.05, 4.69) is 9.97 Å². The average molecular weight is 432 g/mol. The van der Waals surface area contributed by atoms with Crippen molar-refractivity contribution >= 4 is 17.7 Å². The lowest BCUT2D eigenvalue weighted by molar-refractivity contribution is 0.0548. The number of urea groups is 1. The predicted octanol–water partition coefficient (Wildman–Crippen LogP) is 3.39. The van der Waals surface area contributed by atoms with Crippen LogP contribution in [0.2, 0.25) is 0 Å². The molecule has 2 aromatic carbocycles. The van der Waals surface area contributed by atoms with Crippen LogP contribution in [-0.4, -0.2) is 60.3 Å². The third kappa shape index (κ3) is 4.92. The third-order valence-corrected chi connectivity index (χ3v) is 5.28. The molecule has 3 aromatic rings. The van der Waals surface area contributed by atoms with E-state index < -0.39 is 5.97 Å². The summed E-state index contributed by atoms with van der Waals surface area (Å²) < 4.78 is 10.2. The Kier molecular flexibility index (Phi) is 6.72. The van der Waals surface area contributed by atoms with Gasteiger partial charge in [-0.3, -0.25) is 4.90 Å². The summed E-state index contributed by atoms with van der Waals surface area (Å²) in [5.74, 6) is -0.393. The summed E-state index contributed by atoms with van der Waals surface area (Å²) in [6.07, 6.45) is 4.97. The number of aromatic nitrogens is 2. The molecule has 0 radical (unpaired) electrons. The Morgan fingerprint density at radius 1 is 1.03 bits per heavy atom. The van der Waals surface area contributed by atoms with Gasteiger partial charge in [-0.25, -0.2) is 19.6 Å².